The van der Waals surface area contributed by atoms with Crippen LogP contribution in [0.15, 0.2) is 72.0 Å². The fourth-order valence-corrected chi connectivity index (χ4v) is 2.83. The van der Waals surface area contributed by atoms with Gasteiger partial charge >= 0.3 is 5.95 Å². The highest BCUT2D eigenvalue weighted by Crippen LogP contribution is 2.24. The van der Waals surface area contributed by atoms with Gasteiger partial charge < -0.3 is 15.1 Å². The monoisotopic (exact) mass is 372 g/mol. The minimum absolute atomic E-state index is 0.236. The lowest BCUT2D eigenvalue weighted by Gasteiger charge is -2.03. The number of aliphatic imine (C=N–C) groups is 1. The first-order chi connectivity index (χ1) is 13.6. The molecule has 2 aromatic heterocycles. The van der Waals surface area contributed by atoms with E-state index < -0.39 is 4.92 Å². The Kier molecular flexibility index (Phi) is 4.51. The Balaban J connectivity index is 1.52. The van der Waals surface area contributed by atoms with Crippen molar-refractivity contribution in [3.05, 3.63) is 82.8 Å². The molecular weight excluding hydrogens is 356 g/mol. The highest BCUT2D eigenvalue weighted by molar-refractivity contribution is 5.79. The molecule has 2 aromatic carbocycles. The molecule has 2 heterocycles. The van der Waals surface area contributed by atoms with Crippen LogP contribution in [-0.4, -0.2) is 30.7 Å². The summed E-state index contributed by atoms with van der Waals surface area (Å²) in [6, 6.07) is 18.3. The Morgan fingerprint density at radius 2 is 1.68 bits per heavy atom. The maximum Gasteiger partial charge on any atom is 0.434 e. The number of hydrogen-bond donors (Lipinski definition) is 1. The largest absolute Gasteiger partial charge is 0.434 e. The zero-order valence-corrected chi connectivity index (χ0v) is 15.0. The van der Waals surface area contributed by atoms with Crippen molar-refractivity contribution < 1.29 is 4.92 Å². The quantitative estimate of drug-likeness (QED) is 0.323. The average Bonchev–Trinajstić information content (AvgIpc) is 3.34. The van der Waals surface area contributed by atoms with Gasteiger partial charge in [0, 0.05) is 0 Å². The first-order valence-corrected chi connectivity index (χ1v) is 8.53. The molecule has 8 heteroatoms. The summed E-state index contributed by atoms with van der Waals surface area (Å²) in [5, 5.41) is 10.8. The summed E-state index contributed by atoms with van der Waals surface area (Å²) in [6.45, 7) is 0. The van der Waals surface area contributed by atoms with Crippen LogP contribution in [-0.2, 0) is 7.05 Å². The molecule has 138 valence electrons. The summed E-state index contributed by atoms with van der Waals surface area (Å²) in [7, 11) is 1.56. The van der Waals surface area contributed by atoms with E-state index in [0.29, 0.717) is 11.6 Å². The number of rotatable bonds is 5. The summed E-state index contributed by atoms with van der Waals surface area (Å²) in [4.78, 5) is 25.7. The number of imidazole rings is 2. The maximum atomic E-state index is 10.8. The van der Waals surface area contributed by atoms with Crippen molar-refractivity contribution >= 4 is 18.1 Å². The van der Waals surface area contributed by atoms with E-state index in [4.69, 9.17) is 0 Å². The van der Waals surface area contributed by atoms with Crippen LogP contribution in [0.5, 0.6) is 0 Å². The van der Waals surface area contributed by atoms with E-state index in [-0.39, 0.29) is 5.95 Å². The van der Waals surface area contributed by atoms with E-state index in [0.717, 1.165) is 22.4 Å². The van der Waals surface area contributed by atoms with Crippen LogP contribution in [0.25, 0.3) is 22.4 Å². The molecule has 0 fully saturated rings. The minimum atomic E-state index is -0.540. The van der Waals surface area contributed by atoms with Gasteiger partial charge in [0.15, 0.2) is 5.69 Å². The van der Waals surface area contributed by atoms with Gasteiger partial charge in [0.2, 0.25) is 5.95 Å². The zero-order chi connectivity index (χ0) is 19.5. The standard InChI is InChI=1S/C20H16N6O2/c1-25-17(12-23-20(25)26(27)28)11-21-19-22-13-18(24-19)16-9-7-15(8-10-16)14-5-3-2-4-6-14/h2-13H,1H3,(H,22,24). The lowest BCUT2D eigenvalue weighted by molar-refractivity contribution is -0.396. The molecule has 0 aliphatic rings. The van der Waals surface area contributed by atoms with Crippen molar-refractivity contribution in [1.82, 2.24) is 19.5 Å². The molecular formula is C20H16N6O2. The summed E-state index contributed by atoms with van der Waals surface area (Å²) in [5.41, 5.74) is 4.64. The van der Waals surface area contributed by atoms with Crippen molar-refractivity contribution in [2.45, 2.75) is 0 Å². The molecule has 8 nitrogen and oxygen atoms in total. The lowest BCUT2D eigenvalue weighted by Crippen LogP contribution is -2.01. The number of aromatic nitrogens is 4. The van der Waals surface area contributed by atoms with Crippen LogP contribution >= 0.6 is 0 Å². The molecule has 4 aromatic rings. The van der Waals surface area contributed by atoms with Crippen LogP contribution in [0.1, 0.15) is 5.69 Å². The normalized spacial score (nSPS) is 11.2. The van der Waals surface area contributed by atoms with Crippen LogP contribution in [0.3, 0.4) is 0 Å². The Morgan fingerprint density at radius 1 is 1.00 bits per heavy atom. The maximum absolute atomic E-state index is 10.8. The van der Waals surface area contributed by atoms with Crippen LogP contribution in [0.4, 0.5) is 11.9 Å². The zero-order valence-electron chi connectivity index (χ0n) is 15.0. The number of benzene rings is 2. The van der Waals surface area contributed by atoms with Crippen LogP contribution in [0.2, 0.25) is 0 Å². The Hall–Kier alpha value is -4.07. The number of H-pyrrole nitrogens is 1. The van der Waals surface area contributed by atoms with Crippen molar-refractivity contribution in [1.29, 1.82) is 0 Å². The molecule has 0 unspecified atom stereocenters. The smallest absolute Gasteiger partial charge is 0.390 e. The third kappa shape index (κ3) is 3.43. The highest BCUT2D eigenvalue weighted by atomic mass is 16.6. The highest BCUT2D eigenvalue weighted by Gasteiger charge is 2.15. The van der Waals surface area contributed by atoms with Crippen molar-refractivity contribution in [3.8, 4) is 22.4 Å². The minimum Gasteiger partial charge on any atom is -0.390 e. The summed E-state index contributed by atoms with van der Waals surface area (Å²) >= 11 is 0. The summed E-state index contributed by atoms with van der Waals surface area (Å²) < 4.78 is 1.36. The van der Waals surface area contributed by atoms with Crippen molar-refractivity contribution in [3.63, 3.8) is 0 Å². The van der Waals surface area contributed by atoms with E-state index in [1.807, 2.05) is 30.3 Å². The molecule has 0 amide bonds. The van der Waals surface area contributed by atoms with E-state index in [1.54, 1.807) is 13.2 Å². The molecule has 0 saturated carbocycles. The second-order valence-electron chi connectivity index (χ2n) is 6.12. The van der Waals surface area contributed by atoms with Gasteiger partial charge in [-0.05, 0) is 21.6 Å². The Bertz CT molecular complexity index is 1140. The van der Waals surface area contributed by atoms with Gasteiger partial charge in [-0.15, -0.1) is 0 Å². The van der Waals surface area contributed by atoms with E-state index in [1.165, 1.54) is 17.0 Å². The molecule has 28 heavy (non-hydrogen) atoms. The van der Waals surface area contributed by atoms with Crippen LogP contribution in [0, 0.1) is 10.1 Å². The Morgan fingerprint density at radius 3 is 2.36 bits per heavy atom. The van der Waals surface area contributed by atoms with Gasteiger partial charge in [-0.2, -0.15) is 0 Å². The second kappa shape index (κ2) is 7.28. The fraction of sp³-hybridized carbons (Fsp3) is 0.0500. The predicted octanol–water partition coefficient (Wildman–Crippen LogP) is 4.14. The fourth-order valence-electron chi connectivity index (χ4n) is 2.83. The summed E-state index contributed by atoms with van der Waals surface area (Å²) in [5.74, 6) is 0.172. The predicted molar refractivity (Wildman–Crippen MR) is 107 cm³/mol. The molecule has 4 rings (SSSR count). The number of nitro groups is 1. The lowest BCUT2D eigenvalue weighted by atomic mass is 10.0. The molecule has 1 N–H and O–H groups in total. The molecule has 0 bridgehead atoms. The van der Waals surface area contributed by atoms with Gasteiger partial charge in [0.05, 0.1) is 25.2 Å². The third-order valence-corrected chi connectivity index (χ3v) is 4.35. The molecule has 0 radical (unpaired) electrons. The topological polar surface area (TPSA) is 102 Å². The Labute approximate surface area is 160 Å². The second-order valence-corrected chi connectivity index (χ2v) is 6.12. The number of aromatic amines is 1. The van der Waals surface area contributed by atoms with Gasteiger partial charge in [-0.3, -0.25) is 0 Å². The first kappa shape index (κ1) is 17.3. The van der Waals surface area contributed by atoms with Crippen molar-refractivity contribution in [2.24, 2.45) is 12.0 Å². The number of hydrogen-bond acceptors (Lipinski definition) is 5. The SMILES string of the molecule is Cn1c(C=Nc2ncc(-c3ccc(-c4ccccc4)cc3)[nH]2)cnc1[N+](=O)[O-]. The summed E-state index contributed by atoms with van der Waals surface area (Å²) in [6.07, 6.45) is 4.59. The first-order valence-electron chi connectivity index (χ1n) is 8.53. The van der Waals surface area contributed by atoms with E-state index >= 15 is 0 Å². The third-order valence-electron chi connectivity index (χ3n) is 4.35. The van der Waals surface area contributed by atoms with Gasteiger partial charge in [0.25, 0.3) is 0 Å². The molecule has 0 atom stereocenters. The van der Waals surface area contributed by atoms with Crippen molar-refractivity contribution in [2.75, 3.05) is 0 Å². The average molecular weight is 372 g/mol. The van der Waals surface area contributed by atoms with Crippen LogP contribution < -0.4 is 0 Å². The number of nitrogens with zero attached hydrogens (tertiary/aromatic N) is 5. The van der Waals surface area contributed by atoms with Gasteiger partial charge in [-0.25, -0.2) is 14.5 Å². The van der Waals surface area contributed by atoms with Gasteiger partial charge in [0.1, 0.15) is 6.20 Å². The molecule has 0 spiro atoms. The molecule has 0 saturated heterocycles. The van der Waals surface area contributed by atoms with Gasteiger partial charge in [-0.1, -0.05) is 59.6 Å². The van der Waals surface area contributed by atoms with E-state index in [9.17, 15) is 10.1 Å². The molecule has 0 aliphatic carbocycles. The number of nitrogens with one attached hydrogen (secondary N) is 1. The van der Waals surface area contributed by atoms with E-state index in [2.05, 4.69) is 44.2 Å². The molecule has 0 aliphatic heterocycles.